The highest BCUT2D eigenvalue weighted by molar-refractivity contribution is 6.03. The summed E-state index contributed by atoms with van der Waals surface area (Å²) in [4.78, 5) is 19.0. The zero-order valence-corrected chi connectivity index (χ0v) is 14.9. The Morgan fingerprint density at radius 3 is 2.85 bits per heavy atom. The summed E-state index contributed by atoms with van der Waals surface area (Å²) in [5, 5.41) is 17.3. The first-order valence-corrected chi connectivity index (χ1v) is 9.07. The first-order chi connectivity index (χ1) is 13.3. The van der Waals surface area contributed by atoms with Gasteiger partial charge in [-0.15, -0.1) is 0 Å². The third-order valence-corrected chi connectivity index (χ3v) is 5.62. The number of rotatable bonds is 4. The fourth-order valence-electron chi connectivity index (χ4n) is 4.37. The minimum Gasteiger partial charge on any atom is -0.396 e. The second kappa shape index (κ2) is 6.31. The molecule has 1 fully saturated rings. The number of oxime groups is 1. The molecular formula is C19H20N6O2. The molecule has 0 bridgehead atoms. The van der Waals surface area contributed by atoms with Crippen LogP contribution in [0.1, 0.15) is 18.0 Å². The van der Waals surface area contributed by atoms with Crippen molar-refractivity contribution >= 4 is 22.7 Å². The van der Waals surface area contributed by atoms with Gasteiger partial charge in [-0.1, -0.05) is 35.5 Å². The van der Waals surface area contributed by atoms with E-state index in [0.717, 1.165) is 28.9 Å². The van der Waals surface area contributed by atoms with E-state index < -0.39 is 0 Å². The highest BCUT2D eigenvalue weighted by atomic mass is 16.6. The Morgan fingerprint density at radius 1 is 1.22 bits per heavy atom. The number of nitrogens with one attached hydrogen (secondary N) is 1. The Kier molecular flexibility index (Phi) is 3.78. The van der Waals surface area contributed by atoms with Gasteiger partial charge in [0, 0.05) is 25.6 Å². The number of fused-ring (bicyclic) bond motifs is 2. The van der Waals surface area contributed by atoms with Crippen LogP contribution in [-0.2, 0) is 4.84 Å². The van der Waals surface area contributed by atoms with Gasteiger partial charge >= 0.3 is 0 Å². The van der Waals surface area contributed by atoms with Crippen molar-refractivity contribution < 1.29 is 9.94 Å². The van der Waals surface area contributed by atoms with Gasteiger partial charge in [-0.25, -0.2) is 15.0 Å². The van der Waals surface area contributed by atoms with E-state index in [1.807, 2.05) is 43.7 Å². The largest absolute Gasteiger partial charge is 0.396 e. The Balaban J connectivity index is 1.60. The van der Waals surface area contributed by atoms with Gasteiger partial charge in [0.25, 0.3) is 0 Å². The van der Waals surface area contributed by atoms with Gasteiger partial charge in [0.2, 0.25) is 0 Å². The van der Waals surface area contributed by atoms with E-state index >= 15 is 0 Å². The van der Waals surface area contributed by atoms with Crippen LogP contribution in [0.5, 0.6) is 0 Å². The van der Waals surface area contributed by atoms with Crippen molar-refractivity contribution in [2.24, 2.45) is 17.0 Å². The molecule has 1 aliphatic carbocycles. The topological polar surface area (TPSA) is 97.5 Å². The maximum Gasteiger partial charge on any atom is 0.165 e. The number of hydrogen-bond donors (Lipinski definition) is 2. The molecule has 1 aromatic carbocycles. The van der Waals surface area contributed by atoms with Crippen molar-refractivity contribution in [2.45, 2.75) is 18.6 Å². The number of aromatic nitrogens is 4. The van der Waals surface area contributed by atoms with Crippen LogP contribution in [0.3, 0.4) is 0 Å². The fraction of sp³-hybridized carbons (Fsp3) is 0.368. The first-order valence-electron chi connectivity index (χ1n) is 9.07. The van der Waals surface area contributed by atoms with Crippen molar-refractivity contribution in [3.05, 3.63) is 48.5 Å². The summed E-state index contributed by atoms with van der Waals surface area (Å²) in [7, 11) is 1.82. The van der Waals surface area contributed by atoms with Gasteiger partial charge in [-0.3, -0.25) is 0 Å². The van der Waals surface area contributed by atoms with Gasteiger partial charge in [0.05, 0.1) is 18.0 Å². The zero-order chi connectivity index (χ0) is 18.4. The predicted molar refractivity (Wildman–Crippen MR) is 100 cm³/mol. The van der Waals surface area contributed by atoms with Crippen LogP contribution in [0.2, 0.25) is 0 Å². The molecule has 2 aliphatic rings. The van der Waals surface area contributed by atoms with Crippen molar-refractivity contribution in [3.63, 3.8) is 0 Å². The van der Waals surface area contributed by atoms with E-state index in [1.165, 1.54) is 0 Å². The molecule has 0 spiro atoms. The third-order valence-electron chi connectivity index (χ3n) is 5.62. The fourth-order valence-corrected chi connectivity index (χ4v) is 4.37. The van der Waals surface area contributed by atoms with E-state index in [1.54, 1.807) is 6.33 Å². The van der Waals surface area contributed by atoms with E-state index in [4.69, 9.17) is 4.84 Å². The van der Waals surface area contributed by atoms with Crippen molar-refractivity contribution in [1.82, 2.24) is 19.5 Å². The maximum absolute atomic E-state index is 9.89. The summed E-state index contributed by atoms with van der Waals surface area (Å²) in [6.07, 6.45) is 3.99. The molecule has 4 atom stereocenters. The highest BCUT2D eigenvalue weighted by Crippen LogP contribution is 2.47. The molecule has 0 saturated heterocycles. The number of aliphatic hydroxyl groups is 1. The zero-order valence-electron chi connectivity index (χ0n) is 14.9. The predicted octanol–water partition coefficient (Wildman–Crippen LogP) is 1.84. The van der Waals surface area contributed by atoms with Crippen LogP contribution in [0.4, 0.5) is 5.82 Å². The number of benzene rings is 1. The van der Waals surface area contributed by atoms with Gasteiger partial charge in [0.15, 0.2) is 11.5 Å². The summed E-state index contributed by atoms with van der Waals surface area (Å²) in [6.45, 7) is 0.0681. The monoisotopic (exact) mass is 364 g/mol. The van der Waals surface area contributed by atoms with Crippen LogP contribution in [0.15, 0.2) is 48.1 Å². The van der Waals surface area contributed by atoms with Crippen LogP contribution in [0.25, 0.3) is 11.2 Å². The lowest BCUT2D eigenvalue weighted by Gasteiger charge is -2.20. The normalized spacial score (nSPS) is 26.7. The second-order valence-electron chi connectivity index (χ2n) is 6.98. The average molecular weight is 364 g/mol. The quantitative estimate of drug-likeness (QED) is 0.733. The summed E-state index contributed by atoms with van der Waals surface area (Å²) in [5.41, 5.74) is 3.48. The molecule has 2 aromatic heterocycles. The minimum atomic E-state index is -0.140. The van der Waals surface area contributed by atoms with Gasteiger partial charge in [0.1, 0.15) is 17.9 Å². The average Bonchev–Trinajstić information content (AvgIpc) is 3.42. The standard InChI is InChI=1S/C19H20N6O2/c1-20-18-16-19(22-9-21-18)25(10-23-16)13-7-12(8-26)17-14(13)15(24-27-17)11-5-3-2-4-6-11/h2-6,9-10,12-14,17,26H,7-8H2,1H3,(H,20,21,22)/t12-,13-,14-,17-/m1/s1. The molecule has 3 heterocycles. The molecule has 1 saturated carbocycles. The van der Waals surface area contributed by atoms with Gasteiger partial charge in [-0.05, 0) is 12.0 Å². The molecule has 0 radical (unpaired) electrons. The molecule has 8 heteroatoms. The van der Waals surface area contributed by atoms with Gasteiger partial charge in [-0.2, -0.15) is 0 Å². The second-order valence-corrected chi connectivity index (χ2v) is 6.98. The Labute approximate surface area is 155 Å². The Morgan fingerprint density at radius 2 is 2.07 bits per heavy atom. The lowest BCUT2D eigenvalue weighted by molar-refractivity contribution is 0.0206. The molecule has 0 amide bonds. The Hall–Kier alpha value is -3.00. The number of imidazole rings is 1. The van der Waals surface area contributed by atoms with Crippen molar-refractivity contribution in [3.8, 4) is 0 Å². The lowest BCUT2D eigenvalue weighted by Crippen LogP contribution is -2.28. The number of nitrogens with zero attached hydrogens (tertiary/aromatic N) is 5. The van der Waals surface area contributed by atoms with E-state index in [2.05, 4.69) is 30.0 Å². The third kappa shape index (κ3) is 2.40. The minimum absolute atomic E-state index is 0.0213. The van der Waals surface area contributed by atoms with Crippen LogP contribution < -0.4 is 5.32 Å². The van der Waals surface area contributed by atoms with Crippen LogP contribution in [-0.4, -0.2) is 50.1 Å². The summed E-state index contributed by atoms with van der Waals surface area (Å²) >= 11 is 0. The van der Waals surface area contributed by atoms with Crippen molar-refractivity contribution in [1.29, 1.82) is 0 Å². The molecule has 0 unspecified atom stereocenters. The number of hydrogen-bond acceptors (Lipinski definition) is 7. The molecule has 27 heavy (non-hydrogen) atoms. The summed E-state index contributed by atoms with van der Waals surface area (Å²) < 4.78 is 2.08. The molecule has 8 nitrogen and oxygen atoms in total. The van der Waals surface area contributed by atoms with Crippen LogP contribution in [0, 0.1) is 11.8 Å². The van der Waals surface area contributed by atoms with E-state index in [9.17, 15) is 5.11 Å². The molecular weight excluding hydrogens is 344 g/mol. The van der Waals surface area contributed by atoms with E-state index in [0.29, 0.717) is 5.82 Å². The van der Waals surface area contributed by atoms with Crippen LogP contribution >= 0.6 is 0 Å². The van der Waals surface area contributed by atoms with E-state index in [-0.39, 0.29) is 30.6 Å². The molecule has 3 aromatic rings. The first kappa shape index (κ1) is 16.2. The smallest absolute Gasteiger partial charge is 0.165 e. The SMILES string of the molecule is CNc1ncnc2c1ncn2[C@@H]1C[C@H](CO)[C@H]2ON=C(c3ccccc3)[C@H]21. The Bertz CT molecular complexity index is 1000. The summed E-state index contributed by atoms with van der Waals surface area (Å²) in [6, 6.07) is 10.1. The maximum atomic E-state index is 9.89. The molecule has 1 aliphatic heterocycles. The van der Waals surface area contributed by atoms with Crippen molar-refractivity contribution in [2.75, 3.05) is 19.0 Å². The van der Waals surface area contributed by atoms with Gasteiger partial charge < -0.3 is 19.8 Å². The number of anilines is 1. The molecule has 5 rings (SSSR count). The summed E-state index contributed by atoms with van der Waals surface area (Å²) in [5.74, 6) is 0.759. The molecule has 2 N–H and O–H groups in total. The lowest BCUT2D eigenvalue weighted by atomic mass is 9.90. The molecule has 138 valence electrons. The number of aliphatic hydroxyl groups excluding tert-OH is 1. The highest BCUT2D eigenvalue weighted by Gasteiger charge is 2.52.